The molecule has 2 aromatic rings. The number of aryl methyl sites for hydroxylation is 1. The maximum absolute atomic E-state index is 6.09. The molecule has 1 aliphatic heterocycles. The van der Waals surface area contributed by atoms with Gasteiger partial charge in [0.15, 0.2) is 0 Å². The Labute approximate surface area is 119 Å². The fourth-order valence-electron chi connectivity index (χ4n) is 3.55. The maximum Gasteiger partial charge on any atom is 0.138 e. The van der Waals surface area contributed by atoms with Crippen molar-refractivity contribution >= 4 is 11.0 Å². The molecule has 0 bridgehead atoms. The third-order valence-corrected chi connectivity index (χ3v) is 4.88. The number of ether oxygens (including phenoxy) is 1. The van der Waals surface area contributed by atoms with Crippen LogP contribution in [0.2, 0.25) is 0 Å². The van der Waals surface area contributed by atoms with Gasteiger partial charge < -0.3 is 9.15 Å². The number of rotatable bonds is 2. The molecule has 106 valence electrons. The minimum atomic E-state index is 0.792. The molecule has 0 N–H and O–H groups in total. The Kier molecular flexibility index (Phi) is 2.95. The Balaban J connectivity index is 1.80. The molecular formula is C17H21NO2. The van der Waals surface area contributed by atoms with Crippen LogP contribution in [0.5, 0.6) is 5.75 Å². The van der Waals surface area contributed by atoms with Crippen LogP contribution in [0.3, 0.4) is 0 Å². The minimum Gasteiger partial charge on any atom is -0.496 e. The highest BCUT2D eigenvalue weighted by molar-refractivity contribution is 5.88. The number of hydrogen-bond acceptors (Lipinski definition) is 3. The lowest BCUT2D eigenvalue weighted by Crippen LogP contribution is -2.39. The summed E-state index contributed by atoms with van der Waals surface area (Å²) < 4.78 is 11.6. The van der Waals surface area contributed by atoms with E-state index in [-0.39, 0.29) is 0 Å². The van der Waals surface area contributed by atoms with Crippen molar-refractivity contribution in [1.29, 1.82) is 0 Å². The van der Waals surface area contributed by atoms with E-state index in [9.17, 15) is 0 Å². The maximum atomic E-state index is 6.09. The largest absolute Gasteiger partial charge is 0.496 e. The fourth-order valence-corrected chi connectivity index (χ4v) is 3.55. The Morgan fingerprint density at radius 3 is 2.90 bits per heavy atom. The quantitative estimate of drug-likeness (QED) is 0.832. The first-order valence-corrected chi connectivity index (χ1v) is 7.68. The van der Waals surface area contributed by atoms with Gasteiger partial charge in [0.2, 0.25) is 0 Å². The average molecular weight is 271 g/mol. The van der Waals surface area contributed by atoms with Crippen LogP contribution in [0.1, 0.15) is 37.0 Å². The highest BCUT2D eigenvalue weighted by atomic mass is 16.5. The first-order valence-electron chi connectivity index (χ1n) is 7.68. The van der Waals surface area contributed by atoms with Crippen molar-refractivity contribution in [1.82, 2.24) is 4.90 Å². The van der Waals surface area contributed by atoms with Gasteiger partial charge in [0.05, 0.1) is 12.5 Å². The van der Waals surface area contributed by atoms with Crippen molar-refractivity contribution < 1.29 is 9.15 Å². The van der Waals surface area contributed by atoms with E-state index in [1.54, 1.807) is 7.11 Å². The summed E-state index contributed by atoms with van der Waals surface area (Å²) in [5.74, 6) is 2.12. The Morgan fingerprint density at radius 1 is 1.25 bits per heavy atom. The molecule has 1 fully saturated rings. The summed E-state index contributed by atoms with van der Waals surface area (Å²) in [5.41, 5.74) is 2.34. The van der Waals surface area contributed by atoms with Crippen LogP contribution >= 0.6 is 0 Å². The van der Waals surface area contributed by atoms with Gasteiger partial charge >= 0.3 is 0 Å². The van der Waals surface area contributed by atoms with Crippen LogP contribution < -0.4 is 4.74 Å². The van der Waals surface area contributed by atoms with Gasteiger partial charge in [0, 0.05) is 24.6 Å². The van der Waals surface area contributed by atoms with Gasteiger partial charge in [-0.1, -0.05) is 12.5 Å². The first kappa shape index (κ1) is 12.3. The number of nitrogens with zero attached hydrogens (tertiary/aromatic N) is 1. The molecule has 0 unspecified atom stereocenters. The zero-order valence-corrected chi connectivity index (χ0v) is 12.0. The van der Waals surface area contributed by atoms with E-state index in [4.69, 9.17) is 9.15 Å². The van der Waals surface area contributed by atoms with Crippen molar-refractivity contribution in [3.63, 3.8) is 0 Å². The van der Waals surface area contributed by atoms with Crippen molar-refractivity contribution in [3.05, 3.63) is 29.5 Å². The molecule has 0 radical (unpaired) electrons. The van der Waals surface area contributed by atoms with Gasteiger partial charge in [-0.2, -0.15) is 0 Å². The van der Waals surface area contributed by atoms with Gasteiger partial charge in [-0.05, 0) is 37.9 Å². The third-order valence-electron chi connectivity index (χ3n) is 4.88. The standard InChI is InChI=1S/C17H21NO2/c1-19-15-7-3-8-16-17(15)13-11-18(12-5-2-6-12)10-4-9-14(13)20-16/h3,7-8,12H,2,4-6,9-11H2,1H3. The van der Waals surface area contributed by atoms with Gasteiger partial charge in [-0.15, -0.1) is 0 Å². The number of furan rings is 1. The van der Waals surface area contributed by atoms with Crippen LogP contribution in [0.25, 0.3) is 11.0 Å². The van der Waals surface area contributed by atoms with Gasteiger partial charge in [0.1, 0.15) is 17.1 Å². The summed E-state index contributed by atoms with van der Waals surface area (Å²) >= 11 is 0. The van der Waals surface area contributed by atoms with Crippen molar-refractivity contribution in [2.24, 2.45) is 0 Å². The van der Waals surface area contributed by atoms with E-state index in [1.165, 1.54) is 48.9 Å². The molecule has 0 saturated heterocycles. The average Bonchev–Trinajstić information content (AvgIpc) is 2.62. The topological polar surface area (TPSA) is 25.6 Å². The van der Waals surface area contributed by atoms with Crippen LogP contribution in [-0.2, 0) is 13.0 Å². The summed E-state index contributed by atoms with van der Waals surface area (Å²) in [6, 6.07) is 6.89. The summed E-state index contributed by atoms with van der Waals surface area (Å²) in [5, 5.41) is 1.19. The molecular weight excluding hydrogens is 250 g/mol. The molecule has 3 nitrogen and oxygen atoms in total. The molecule has 0 amide bonds. The molecule has 0 atom stereocenters. The zero-order valence-electron chi connectivity index (χ0n) is 12.0. The van der Waals surface area contributed by atoms with E-state index in [1.807, 2.05) is 12.1 Å². The van der Waals surface area contributed by atoms with E-state index in [2.05, 4.69) is 11.0 Å². The van der Waals surface area contributed by atoms with E-state index < -0.39 is 0 Å². The third kappa shape index (κ3) is 1.84. The molecule has 3 heteroatoms. The number of hydrogen-bond donors (Lipinski definition) is 0. The molecule has 2 aliphatic rings. The SMILES string of the molecule is COc1cccc2oc3c(c12)CN(C1CCC1)CCC3. The highest BCUT2D eigenvalue weighted by Crippen LogP contribution is 2.38. The van der Waals surface area contributed by atoms with E-state index in [0.29, 0.717) is 0 Å². The zero-order chi connectivity index (χ0) is 13.5. The van der Waals surface area contributed by atoms with Crippen LogP contribution in [0, 0.1) is 0 Å². The molecule has 20 heavy (non-hydrogen) atoms. The van der Waals surface area contributed by atoms with E-state index in [0.717, 1.165) is 30.3 Å². The van der Waals surface area contributed by atoms with E-state index >= 15 is 0 Å². The van der Waals surface area contributed by atoms with Crippen LogP contribution in [0.15, 0.2) is 22.6 Å². The second-order valence-corrected chi connectivity index (χ2v) is 6.00. The first-order chi connectivity index (χ1) is 9.86. The molecule has 0 spiro atoms. The van der Waals surface area contributed by atoms with Crippen molar-refractivity contribution in [2.75, 3.05) is 13.7 Å². The molecule has 1 aromatic carbocycles. The number of fused-ring (bicyclic) bond motifs is 3. The predicted octanol–water partition coefficient (Wildman–Crippen LogP) is 3.74. The lowest BCUT2D eigenvalue weighted by molar-refractivity contribution is 0.122. The lowest BCUT2D eigenvalue weighted by atomic mass is 9.91. The normalized spacial score (nSPS) is 20.4. The molecule has 2 heterocycles. The molecule has 1 aliphatic carbocycles. The fraction of sp³-hybridized carbons (Fsp3) is 0.529. The predicted molar refractivity (Wildman–Crippen MR) is 79.1 cm³/mol. The van der Waals surface area contributed by atoms with Crippen molar-refractivity contribution in [2.45, 2.75) is 44.7 Å². The smallest absolute Gasteiger partial charge is 0.138 e. The number of methoxy groups -OCH3 is 1. The van der Waals surface area contributed by atoms with Gasteiger partial charge in [-0.25, -0.2) is 0 Å². The minimum absolute atomic E-state index is 0.792. The summed E-state index contributed by atoms with van der Waals surface area (Å²) in [4.78, 5) is 2.65. The Hall–Kier alpha value is -1.48. The van der Waals surface area contributed by atoms with Crippen LogP contribution in [-0.4, -0.2) is 24.6 Å². The molecule has 4 rings (SSSR count). The highest BCUT2D eigenvalue weighted by Gasteiger charge is 2.29. The summed E-state index contributed by atoms with van der Waals surface area (Å²) in [7, 11) is 1.74. The van der Waals surface area contributed by atoms with Crippen LogP contribution in [0.4, 0.5) is 0 Å². The number of benzene rings is 1. The second kappa shape index (κ2) is 4.81. The Morgan fingerprint density at radius 2 is 2.15 bits per heavy atom. The summed E-state index contributed by atoms with van der Waals surface area (Å²) in [6.07, 6.45) is 6.37. The summed E-state index contributed by atoms with van der Waals surface area (Å²) in [6.45, 7) is 2.22. The lowest BCUT2D eigenvalue weighted by Gasteiger charge is -2.36. The Bertz CT molecular complexity index is 627. The van der Waals surface area contributed by atoms with Gasteiger partial charge in [0.25, 0.3) is 0 Å². The monoisotopic (exact) mass is 271 g/mol. The molecule has 1 aromatic heterocycles. The van der Waals surface area contributed by atoms with Crippen molar-refractivity contribution in [3.8, 4) is 5.75 Å². The van der Waals surface area contributed by atoms with Gasteiger partial charge in [-0.3, -0.25) is 4.90 Å². The second-order valence-electron chi connectivity index (χ2n) is 6.00. The molecule has 1 saturated carbocycles.